The van der Waals surface area contributed by atoms with E-state index in [-0.39, 0.29) is 6.04 Å². The molecule has 2 atom stereocenters. The Morgan fingerprint density at radius 1 is 1.33 bits per heavy atom. The van der Waals surface area contributed by atoms with E-state index >= 15 is 0 Å². The highest BCUT2D eigenvalue weighted by atomic mass is 32.5. The number of hydrogen-bond donors (Lipinski definition) is 2. The molecule has 1 aliphatic heterocycles. The van der Waals surface area contributed by atoms with Crippen molar-refractivity contribution in [2.75, 3.05) is 13.2 Å². The molecule has 0 spiro atoms. The summed E-state index contributed by atoms with van der Waals surface area (Å²) in [4.78, 5) is 11.8. The summed E-state index contributed by atoms with van der Waals surface area (Å²) in [6.45, 7) is 5.11. The van der Waals surface area contributed by atoms with Crippen molar-refractivity contribution >= 4 is 35.9 Å². The summed E-state index contributed by atoms with van der Waals surface area (Å²) in [5.41, 5.74) is 1.07. The zero-order valence-corrected chi connectivity index (χ0v) is 22.3. The van der Waals surface area contributed by atoms with Crippen molar-refractivity contribution < 1.29 is 28.2 Å². The lowest BCUT2D eigenvalue weighted by Crippen LogP contribution is -2.46. The average molecular weight is 519 g/mol. The highest BCUT2D eigenvalue weighted by Gasteiger charge is 2.49. The number of ether oxygens (including phenoxy) is 1. The van der Waals surface area contributed by atoms with E-state index in [9.17, 15) is 14.5 Å². The first-order chi connectivity index (χ1) is 15.6. The Morgan fingerprint density at radius 3 is 2.55 bits per heavy atom. The highest BCUT2D eigenvalue weighted by molar-refractivity contribution is 8.13. The van der Waals surface area contributed by atoms with Gasteiger partial charge in [-0.2, -0.15) is 0 Å². The van der Waals surface area contributed by atoms with Gasteiger partial charge in [0.2, 0.25) is 5.37 Å². The monoisotopic (exact) mass is 518 g/mol. The first kappa shape index (κ1) is 26.7. The molecule has 1 amide bonds. The molecule has 1 aromatic carbocycles. The molecule has 3 rings (SSSR count). The van der Waals surface area contributed by atoms with Crippen LogP contribution in [0.3, 0.4) is 0 Å². The van der Waals surface area contributed by atoms with Crippen LogP contribution in [-0.4, -0.2) is 44.7 Å². The van der Waals surface area contributed by atoms with Gasteiger partial charge in [-0.05, 0) is 68.0 Å². The number of carboxylic acid groups (broad SMARTS) is 1. The van der Waals surface area contributed by atoms with E-state index in [2.05, 4.69) is 5.32 Å². The molecule has 2 unspecified atom stereocenters. The molecule has 33 heavy (non-hydrogen) atoms. The Morgan fingerprint density at radius 2 is 1.97 bits per heavy atom. The van der Waals surface area contributed by atoms with E-state index in [4.69, 9.17) is 25.6 Å². The van der Waals surface area contributed by atoms with Gasteiger partial charge in [0.05, 0.1) is 36.2 Å². The molecule has 0 saturated heterocycles. The van der Waals surface area contributed by atoms with Crippen molar-refractivity contribution in [3.63, 3.8) is 0 Å². The largest absolute Gasteiger partial charge is 0.596 e. The van der Waals surface area contributed by atoms with Gasteiger partial charge in [-0.1, -0.05) is 31.4 Å². The minimum Gasteiger partial charge on any atom is -0.596 e. The summed E-state index contributed by atoms with van der Waals surface area (Å²) >= 11 is 3.99. The van der Waals surface area contributed by atoms with Crippen molar-refractivity contribution in [1.29, 1.82) is 0 Å². The predicted octanol–water partition coefficient (Wildman–Crippen LogP) is 5.26. The van der Waals surface area contributed by atoms with E-state index in [1.807, 2.05) is 39.8 Å². The van der Waals surface area contributed by atoms with Crippen molar-refractivity contribution in [3.8, 4) is 5.75 Å². The molecule has 0 aromatic heterocycles. The smallest absolute Gasteiger partial charge is 0.408 e. The summed E-state index contributed by atoms with van der Waals surface area (Å²) in [7, 11) is 0. The number of amides is 1. The first-order valence-electron chi connectivity index (χ1n) is 11.5. The Bertz CT molecular complexity index is 870. The molecule has 1 aromatic rings. The molecular weight excluding hydrogens is 483 g/mol. The van der Waals surface area contributed by atoms with Crippen molar-refractivity contribution in [2.24, 2.45) is 0 Å². The maximum Gasteiger partial charge on any atom is 0.408 e. The number of fused-ring (bicyclic) bond motifs is 1. The van der Waals surface area contributed by atoms with Gasteiger partial charge >= 0.3 is 12.7 Å². The zero-order chi connectivity index (χ0) is 24.2. The lowest BCUT2D eigenvalue weighted by molar-refractivity contribution is 0.136. The van der Waals surface area contributed by atoms with Crippen LogP contribution < -0.4 is 10.1 Å². The van der Waals surface area contributed by atoms with E-state index in [0.29, 0.717) is 30.9 Å². The second-order valence-electron chi connectivity index (χ2n) is 8.88. The summed E-state index contributed by atoms with van der Waals surface area (Å²) in [6.07, 6.45) is 4.11. The van der Waals surface area contributed by atoms with Crippen LogP contribution in [0.25, 0.3) is 0 Å². The van der Waals surface area contributed by atoms with Crippen molar-refractivity contribution in [1.82, 2.24) is 9.39 Å². The number of rotatable bonds is 10. The number of nitrogens with zero attached hydrogens (tertiary/aromatic N) is 1. The van der Waals surface area contributed by atoms with Gasteiger partial charge in [0.25, 0.3) is 0 Å². The van der Waals surface area contributed by atoms with Gasteiger partial charge in [0.1, 0.15) is 11.4 Å². The van der Waals surface area contributed by atoms with E-state index < -0.39 is 35.1 Å². The Labute approximate surface area is 204 Å². The van der Waals surface area contributed by atoms with Crippen LogP contribution in [-0.2, 0) is 38.6 Å². The van der Waals surface area contributed by atoms with Gasteiger partial charge in [-0.3, -0.25) is 5.32 Å². The standard InChI is InChI=1S/C22H35N2O6PS2/c1-5-28-31(32,29-6-2)24(17-12-8-7-9-13-17)33(27)20(23-21(25)26)18-14-10-11-16-15-22(3,4)30-19(16)18/h10-11,14,17,20,23H,5-9,12-13,15H2,1-4H3,(H,25,26). The van der Waals surface area contributed by atoms with Crippen molar-refractivity contribution in [3.05, 3.63) is 29.3 Å². The van der Waals surface area contributed by atoms with E-state index in [1.165, 1.54) is 0 Å². The van der Waals surface area contributed by atoms with E-state index in [0.717, 1.165) is 37.7 Å². The molecule has 1 fully saturated rings. The normalized spacial score (nSPS) is 20.2. The zero-order valence-electron chi connectivity index (χ0n) is 19.7. The van der Waals surface area contributed by atoms with Gasteiger partial charge in [-0.25, -0.2) is 4.79 Å². The summed E-state index contributed by atoms with van der Waals surface area (Å²) < 4.78 is 34.1. The van der Waals surface area contributed by atoms with Crippen LogP contribution in [0, 0.1) is 0 Å². The Balaban J connectivity index is 2.08. The lowest BCUT2D eigenvalue weighted by Gasteiger charge is -2.41. The van der Waals surface area contributed by atoms with Crippen LogP contribution in [0.5, 0.6) is 5.75 Å². The minimum absolute atomic E-state index is 0.115. The summed E-state index contributed by atoms with van der Waals surface area (Å²) in [5.74, 6) is 0.583. The van der Waals surface area contributed by atoms with Gasteiger partial charge < -0.3 is 23.4 Å². The third-order valence-electron chi connectivity index (χ3n) is 5.76. The number of para-hydroxylation sites is 1. The maximum atomic E-state index is 14.3. The first-order valence-corrected chi connectivity index (χ1v) is 15.3. The number of carbonyl (C=O) groups is 1. The number of benzene rings is 1. The van der Waals surface area contributed by atoms with Crippen molar-refractivity contribution in [2.45, 2.75) is 83.2 Å². The van der Waals surface area contributed by atoms with Gasteiger partial charge in [-0.15, -0.1) is 0 Å². The fraction of sp³-hybridized carbons (Fsp3) is 0.682. The Kier molecular flexibility index (Phi) is 9.11. The second-order valence-corrected chi connectivity index (χ2v) is 13.8. The maximum absolute atomic E-state index is 14.3. The minimum atomic E-state index is -3.12. The fourth-order valence-electron chi connectivity index (χ4n) is 4.53. The SMILES string of the molecule is CCOP(=S)(OCC)N(C1CCCCC1)[S+]([O-])C(NC(=O)O)c1cccc2c1OC(C)(C)C2. The lowest BCUT2D eigenvalue weighted by atomic mass is 9.96. The molecular formula is C22H35N2O6PS2. The predicted molar refractivity (Wildman–Crippen MR) is 133 cm³/mol. The van der Waals surface area contributed by atoms with Gasteiger partial charge in [0.15, 0.2) is 0 Å². The molecule has 186 valence electrons. The number of hydrogen-bond acceptors (Lipinski definition) is 6. The van der Waals surface area contributed by atoms with Crippen LogP contribution in [0.15, 0.2) is 18.2 Å². The molecule has 1 aliphatic carbocycles. The average Bonchev–Trinajstić information content (AvgIpc) is 3.07. The van der Waals surface area contributed by atoms with E-state index in [1.54, 1.807) is 10.1 Å². The Hall–Kier alpha value is -0.870. The third kappa shape index (κ3) is 6.23. The molecule has 1 heterocycles. The molecule has 0 radical (unpaired) electrons. The topological polar surface area (TPSA) is 103 Å². The summed E-state index contributed by atoms with van der Waals surface area (Å²) in [5, 5.41) is 11.1. The molecule has 8 nitrogen and oxygen atoms in total. The molecule has 2 aliphatic rings. The van der Waals surface area contributed by atoms with Crippen LogP contribution in [0.1, 0.15) is 76.3 Å². The molecule has 11 heteroatoms. The van der Waals surface area contributed by atoms with Gasteiger partial charge in [0, 0.05) is 6.42 Å². The second kappa shape index (κ2) is 11.2. The van der Waals surface area contributed by atoms with Crippen LogP contribution in [0.4, 0.5) is 4.79 Å². The highest BCUT2D eigenvalue weighted by Crippen LogP contribution is 2.58. The third-order valence-corrected chi connectivity index (χ3v) is 11.8. The van der Waals surface area contributed by atoms with Crippen LogP contribution in [0.2, 0.25) is 0 Å². The fourth-order valence-corrected chi connectivity index (χ4v) is 10.4. The number of nitrogens with one attached hydrogen (secondary N) is 1. The van der Waals surface area contributed by atoms with Crippen LogP contribution >= 0.6 is 6.64 Å². The quantitative estimate of drug-likeness (QED) is 0.319. The summed E-state index contributed by atoms with van der Waals surface area (Å²) in [6, 6.07) is 5.45. The molecule has 1 saturated carbocycles. The molecule has 0 bridgehead atoms. The molecule has 2 N–H and O–H groups in total.